The van der Waals surface area contributed by atoms with Crippen LogP contribution in [0.15, 0.2) is 54.9 Å². The van der Waals surface area contributed by atoms with Gasteiger partial charge < -0.3 is 4.74 Å². The maximum Gasteiger partial charge on any atom is 0.573 e. The van der Waals surface area contributed by atoms with Crippen LogP contribution >= 0.6 is 0 Å². The summed E-state index contributed by atoms with van der Waals surface area (Å²) < 4.78 is 40.3. The predicted octanol–water partition coefficient (Wildman–Crippen LogP) is 3.31. The average molecular weight is 376 g/mol. The van der Waals surface area contributed by atoms with E-state index in [1.807, 2.05) is 0 Å². The van der Waals surface area contributed by atoms with Crippen molar-refractivity contribution in [2.24, 2.45) is 0 Å². The Morgan fingerprint density at radius 1 is 1.07 bits per heavy atom. The minimum Gasteiger partial charge on any atom is -0.406 e. The fourth-order valence-electron chi connectivity index (χ4n) is 2.38. The van der Waals surface area contributed by atoms with Gasteiger partial charge in [-0.25, -0.2) is 5.43 Å². The van der Waals surface area contributed by atoms with E-state index in [4.69, 9.17) is 0 Å². The molecule has 0 bridgehead atoms. The van der Waals surface area contributed by atoms with E-state index < -0.39 is 6.36 Å². The first-order valence-corrected chi connectivity index (χ1v) is 7.89. The van der Waals surface area contributed by atoms with Gasteiger partial charge in [0.15, 0.2) is 0 Å². The monoisotopic (exact) mass is 376 g/mol. The molecule has 0 aliphatic heterocycles. The first-order valence-electron chi connectivity index (χ1n) is 7.89. The van der Waals surface area contributed by atoms with Gasteiger partial charge >= 0.3 is 6.36 Å². The van der Waals surface area contributed by atoms with Gasteiger partial charge in [-0.15, -0.1) is 13.2 Å². The van der Waals surface area contributed by atoms with E-state index in [0.29, 0.717) is 22.2 Å². The summed E-state index contributed by atoms with van der Waals surface area (Å²) in [5.41, 5.74) is 5.32. The number of benzene rings is 2. The number of halogens is 3. The van der Waals surface area contributed by atoms with Gasteiger partial charge in [-0.3, -0.25) is 19.8 Å². The Labute approximate surface area is 152 Å². The molecule has 6 nitrogen and oxygen atoms in total. The van der Waals surface area contributed by atoms with Crippen molar-refractivity contribution in [3.63, 3.8) is 0 Å². The van der Waals surface area contributed by atoms with E-state index in [-0.39, 0.29) is 18.2 Å². The summed E-state index contributed by atoms with van der Waals surface area (Å²) in [4.78, 5) is 20.8. The lowest BCUT2D eigenvalue weighted by Crippen LogP contribution is -2.39. The van der Waals surface area contributed by atoms with E-state index in [1.165, 1.54) is 29.3 Å². The Balaban J connectivity index is 1.61. The Morgan fingerprint density at radius 3 is 2.41 bits per heavy atom. The van der Waals surface area contributed by atoms with Crippen LogP contribution in [0.2, 0.25) is 0 Å². The molecule has 0 unspecified atom stereocenters. The van der Waals surface area contributed by atoms with Crippen LogP contribution in [0, 0.1) is 0 Å². The number of fused-ring (bicyclic) bond motifs is 1. The lowest BCUT2D eigenvalue weighted by atomic mass is 10.2. The molecule has 0 atom stereocenters. The van der Waals surface area contributed by atoms with Gasteiger partial charge in [0.25, 0.3) is 5.91 Å². The first-order chi connectivity index (χ1) is 12.8. The molecule has 0 fully saturated rings. The largest absolute Gasteiger partial charge is 0.573 e. The summed E-state index contributed by atoms with van der Waals surface area (Å²) in [6, 6.07) is 10.4. The van der Waals surface area contributed by atoms with Crippen LogP contribution in [-0.2, 0) is 6.54 Å². The Morgan fingerprint density at radius 2 is 1.74 bits per heavy atom. The molecule has 140 valence electrons. The number of carbonyl (C=O) groups is 1. The average Bonchev–Trinajstić information content (AvgIpc) is 2.65. The van der Waals surface area contributed by atoms with Gasteiger partial charge in [-0.1, -0.05) is 12.1 Å². The Bertz CT molecular complexity index is 945. The van der Waals surface area contributed by atoms with Gasteiger partial charge in [-0.2, -0.15) is 0 Å². The highest BCUT2D eigenvalue weighted by Crippen LogP contribution is 2.22. The number of aromatic nitrogens is 2. The van der Waals surface area contributed by atoms with Gasteiger partial charge in [0.1, 0.15) is 5.75 Å². The second-order valence-electron chi connectivity index (χ2n) is 5.65. The molecule has 0 aliphatic rings. The summed E-state index contributed by atoms with van der Waals surface area (Å²) in [5, 5.41) is 1.30. The molecule has 1 heterocycles. The van der Waals surface area contributed by atoms with Gasteiger partial charge in [0, 0.05) is 31.5 Å². The number of hydrogen-bond donors (Lipinski definition) is 1. The molecule has 1 aromatic heterocycles. The van der Waals surface area contributed by atoms with Gasteiger partial charge in [-0.05, 0) is 35.9 Å². The second kappa shape index (κ2) is 7.58. The fourth-order valence-corrected chi connectivity index (χ4v) is 2.38. The van der Waals surface area contributed by atoms with Crippen molar-refractivity contribution in [2.45, 2.75) is 12.9 Å². The predicted molar refractivity (Wildman–Crippen MR) is 91.6 cm³/mol. The zero-order chi connectivity index (χ0) is 19.4. The van der Waals surface area contributed by atoms with Crippen LogP contribution in [-0.4, -0.2) is 34.3 Å². The quantitative estimate of drug-likeness (QED) is 0.692. The van der Waals surface area contributed by atoms with E-state index >= 15 is 0 Å². The van der Waals surface area contributed by atoms with Crippen molar-refractivity contribution in [1.29, 1.82) is 0 Å². The highest BCUT2D eigenvalue weighted by atomic mass is 19.4. The molecule has 3 rings (SSSR count). The smallest absolute Gasteiger partial charge is 0.406 e. The number of carbonyl (C=O) groups excluding carboxylic acids is 1. The SMILES string of the molecule is CN(NCc1ccc(OC(F)(F)F)cc1)C(=O)c1ccc2nccnc2c1. The third-order valence-electron chi connectivity index (χ3n) is 3.70. The van der Waals surface area contributed by atoms with Crippen LogP contribution in [0.4, 0.5) is 13.2 Å². The van der Waals surface area contributed by atoms with Crippen LogP contribution in [0.25, 0.3) is 11.0 Å². The highest BCUT2D eigenvalue weighted by Gasteiger charge is 2.30. The Hall–Kier alpha value is -3.20. The number of amides is 1. The molecule has 9 heteroatoms. The van der Waals surface area contributed by atoms with Crippen molar-refractivity contribution in [3.05, 3.63) is 66.0 Å². The molecular weight excluding hydrogens is 361 g/mol. The molecule has 0 aliphatic carbocycles. The number of rotatable bonds is 5. The first kappa shape index (κ1) is 18.6. The van der Waals surface area contributed by atoms with Crippen LogP contribution in [0.5, 0.6) is 5.75 Å². The number of nitrogens with one attached hydrogen (secondary N) is 1. The van der Waals surface area contributed by atoms with Gasteiger partial charge in [0.05, 0.1) is 11.0 Å². The summed E-state index contributed by atoms with van der Waals surface area (Å²) >= 11 is 0. The zero-order valence-electron chi connectivity index (χ0n) is 14.2. The molecule has 2 aromatic carbocycles. The van der Waals surface area contributed by atoms with Crippen molar-refractivity contribution in [2.75, 3.05) is 7.05 Å². The van der Waals surface area contributed by atoms with Crippen molar-refractivity contribution >= 4 is 16.9 Å². The van der Waals surface area contributed by atoms with Crippen molar-refractivity contribution in [1.82, 2.24) is 20.4 Å². The summed E-state index contributed by atoms with van der Waals surface area (Å²) in [5.74, 6) is -0.576. The van der Waals surface area contributed by atoms with Crippen LogP contribution in [0.3, 0.4) is 0 Å². The van der Waals surface area contributed by atoms with Crippen LogP contribution < -0.4 is 10.2 Å². The minimum absolute atomic E-state index is 0.252. The molecule has 0 radical (unpaired) electrons. The second-order valence-corrected chi connectivity index (χ2v) is 5.65. The fraction of sp³-hybridized carbons (Fsp3) is 0.167. The molecule has 0 saturated heterocycles. The number of alkyl halides is 3. The van der Waals surface area contributed by atoms with E-state index in [1.54, 1.807) is 37.6 Å². The highest BCUT2D eigenvalue weighted by molar-refractivity contribution is 5.96. The number of ether oxygens (including phenoxy) is 1. The third kappa shape index (κ3) is 4.91. The zero-order valence-corrected chi connectivity index (χ0v) is 14.2. The van der Waals surface area contributed by atoms with Crippen molar-refractivity contribution in [3.8, 4) is 5.75 Å². The number of hydrogen-bond acceptors (Lipinski definition) is 5. The summed E-state index contributed by atoms with van der Waals surface area (Å²) in [6.07, 6.45) is -1.61. The summed E-state index contributed by atoms with van der Waals surface area (Å²) in [7, 11) is 1.56. The molecule has 0 saturated carbocycles. The van der Waals surface area contributed by atoms with E-state index in [2.05, 4.69) is 20.1 Å². The summed E-state index contributed by atoms with van der Waals surface area (Å²) in [6.45, 7) is 0.252. The lowest BCUT2D eigenvalue weighted by molar-refractivity contribution is -0.274. The molecule has 0 spiro atoms. The minimum atomic E-state index is -4.73. The topological polar surface area (TPSA) is 67.3 Å². The van der Waals surface area contributed by atoms with E-state index in [0.717, 1.165) is 0 Å². The molecule has 27 heavy (non-hydrogen) atoms. The van der Waals surface area contributed by atoms with Crippen LogP contribution in [0.1, 0.15) is 15.9 Å². The molecule has 1 amide bonds. The molecule has 1 N–H and O–H groups in total. The van der Waals surface area contributed by atoms with Gasteiger partial charge in [0.2, 0.25) is 0 Å². The molecular formula is C18H15F3N4O2. The standard InChI is InChI=1S/C18H15F3N4O2/c1-25(17(26)13-4-7-15-16(10-13)23-9-8-22-15)24-11-12-2-5-14(6-3-12)27-18(19,20)21/h2-10,24H,11H2,1H3. The number of hydrazine groups is 1. The van der Waals surface area contributed by atoms with Crippen molar-refractivity contribution < 1.29 is 22.7 Å². The normalized spacial score (nSPS) is 11.4. The molecule has 3 aromatic rings. The lowest BCUT2D eigenvalue weighted by Gasteiger charge is -2.19. The Kier molecular flexibility index (Phi) is 5.22. The maximum absolute atomic E-state index is 12.5. The number of nitrogens with zero attached hydrogens (tertiary/aromatic N) is 3. The third-order valence-corrected chi connectivity index (χ3v) is 3.70. The maximum atomic E-state index is 12.5. The van der Waals surface area contributed by atoms with E-state index in [9.17, 15) is 18.0 Å².